The molecule has 1 heterocycles. The average molecular weight is 269 g/mol. The first kappa shape index (κ1) is 12.9. The smallest absolute Gasteiger partial charge is 0.221 e. The van der Waals surface area contributed by atoms with Crippen LogP contribution in [0.25, 0.3) is 0 Å². The Morgan fingerprint density at radius 3 is 2.80 bits per heavy atom. The van der Waals surface area contributed by atoms with Gasteiger partial charge in [-0.05, 0) is 25.8 Å². The van der Waals surface area contributed by atoms with Crippen LogP contribution in [-0.4, -0.2) is 22.6 Å². The zero-order valence-corrected chi connectivity index (χ0v) is 11.8. The molecule has 0 radical (unpaired) electrons. The highest BCUT2D eigenvalue weighted by Gasteiger charge is 2.38. The Balaban J connectivity index is 1.70. The highest BCUT2D eigenvalue weighted by atomic mass is 16.5. The van der Waals surface area contributed by atoms with Gasteiger partial charge in [-0.3, -0.25) is 0 Å². The van der Waals surface area contributed by atoms with E-state index in [1.54, 1.807) is 6.33 Å². The summed E-state index contributed by atoms with van der Waals surface area (Å²) in [6, 6.07) is 11.1. The summed E-state index contributed by atoms with van der Waals surface area (Å²) in [6.45, 7) is 4.57. The third kappa shape index (κ3) is 2.59. The quantitative estimate of drug-likeness (QED) is 0.905. The van der Waals surface area contributed by atoms with Gasteiger partial charge < -0.3 is 10.1 Å². The van der Waals surface area contributed by atoms with Crippen molar-refractivity contribution < 1.29 is 4.74 Å². The van der Waals surface area contributed by atoms with Gasteiger partial charge in [0.25, 0.3) is 0 Å². The van der Waals surface area contributed by atoms with Gasteiger partial charge in [-0.1, -0.05) is 30.3 Å². The summed E-state index contributed by atoms with van der Waals surface area (Å²) in [4.78, 5) is 8.49. The molecular weight excluding hydrogens is 250 g/mol. The Morgan fingerprint density at radius 1 is 1.25 bits per heavy atom. The zero-order chi connectivity index (χ0) is 13.9. The number of anilines is 1. The molecule has 0 bridgehead atoms. The van der Waals surface area contributed by atoms with Gasteiger partial charge in [-0.2, -0.15) is 0 Å². The molecule has 1 aromatic heterocycles. The van der Waals surface area contributed by atoms with E-state index in [0.29, 0.717) is 24.4 Å². The van der Waals surface area contributed by atoms with Gasteiger partial charge in [0.2, 0.25) is 5.88 Å². The second-order valence-electron chi connectivity index (χ2n) is 5.09. The molecule has 2 aromatic rings. The number of rotatable bonds is 5. The van der Waals surface area contributed by atoms with E-state index in [1.807, 2.05) is 13.8 Å². The molecule has 3 rings (SSSR count). The van der Waals surface area contributed by atoms with Crippen molar-refractivity contribution in [3.8, 4) is 5.88 Å². The van der Waals surface area contributed by atoms with E-state index in [-0.39, 0.29) is 0 Å². The molecule has 2 atom stereocenters. The van der Waals surface area contributed by atoms with Crippen molar-refractivity contribution in [2.75, 3.05) is 11.9 Å². The summed E-state index contributed by atoms with van der Waals surface area (Å²) < 4.78 is 5.50. The summed E-state index contributed by atoms with van der Waals surface area (Å²) in [7, 11) is 0. The van der Waals surface area contributed by atoms with E-state index in [2.05, 4.69) is 45.6 Å². The summed E-state index contributed by atoms with van der Waals surface area (Å²) in [5, 5.41) is 3.50. The lowest BCUT2D eigenvalue weighted by Gasteiger charge is -2.11. The molecule has 1 fully saturated rings. The summed E-state index contributed by atoms with van der Waals surface area (Å²) in [5.41, 5.74) is 2.37. The van der Waals surface area contributed by atoms with Crippen LogP contribution in [0.5, 0.6) is 5.88 Å². The fraction of sp³-hybridized carbons (Fsp3) is 0.375. The van der Waals surface area contributed by atoms with Crippen LogP contribution in [0, 0.1) is 6.92 Å². The lowest BCUT2D eigenvalue weighted by molar-refractivity contribution is 0.324. The lowest BCUT2D eigenvalue weighted by atomic mass is 10.1. The minimum absolute atomic E-state index is 0.459. The number of aromatic nitrogens is 2. The van der Waals surface area contributed by atoms with Crippen LogP contribution in [-0.2, 0) is 0 Å². The van der Waals surface area contributed by atoms with Crippen molar-refractivity contribution in [3.05, 3.63) is 47.8 Å². The maximum absolute atomic E-state index is 5.50. The molecule has 1 aliphatic rings. The van der Waals surface area contributed by atoms with Gasteiger partial charge in [-0.25, -0.2) is 9.97 Å². The molecule has 2 unspecified atom stereocenters. The van der Waals surface area contributed by atoms with Gasteiger partial charge in [-0.15, -0.1) is 0 Å². The van der Waals surface area contributed by atoms with Crippen LogP contribution in [0.4, 0.5) is 5.82 Å². The molecule has 1 N–H and O–H groups in total. The van der Waals surface area contributed by atoms with Crippen molar-refractivity contribution >= 4 is 5.82 Å². The van der Waals surface area contributed by atoms with Gasteiger partial charge in [0.1, 0.15) is 12.1 Å². The van der Waals surface area contributed by atoms with Gasteiger partial charge in [0.05, 0.1) is 12.2 Å². The van der Waals surface area contributed by atoms with Crippen LogP contribution < -0.4 is 10.1 Å². The number of hydrogen-bond acceptors (Lipinski definition) is 4. The molecular formula is C16H19N3O. The standard InChI is InChI=1S/C16H19N3O/c1-3-20-16-11(2)15(17-10-18-16)19-14-9-13(14)12-7-5-4-6-8-12/h4-8,10,13-14H,3,9H2,1-2H3,(H,17,18,19). The minimum Gasteiger partial charge on any atom is -0.478 e. The van der Waals surface area contributed by atoms with E-state index >= 15 is 0 Å². The normalized spacial score (nSPS) is 20.5. The average Bonchev–Trinajstić information content (AvgIpc) is 3.24. The molecule has 1 aliphatic carbocycles. The van der Waals surface area contributed by atoms with E-state index in [1.165, 1.54) is 5.56 Å². The molecule has 4 heteroatoms. The largest absolute Gasteiger partial charge is 0.478 e. The van der Waals surface area contributed by atoms with Gasteiger partial charge in [0.15, 0.2) is 0 Å². The first-order chi connectivity index (χ1) is 9.79. The minimum atomic E-state index is 0.459. The fourth-order valence-corrected chi connectivity index (χ4v) is 2.46. The van der Waals surface area contributed by atoms with Crippen molar-refractivity contribution in [3.63, 3.8) is 0 Å². The third-order valence-corrected chi connectivity index (χ3v) is 3.66. The molecule has 0 spiro atoms. The fourth-order valence-electron chi connectivity index (χ4n) is 2.46. The number of benzene rings is 1. The molecule has 4 nitrogen and oxygen atoms in total. The molecule has 104 valence electrons. The molecule has 1 saturated carbocycles. The first-order valence-electron chi connectivity index (χ1n) is 7.05. The number of nitrogens with zero attached hydrogens (tertiary/aromatic N) is 2. The predicted octanol–water partition coefficient (Wildman–Crippen LogP) is 3.15. The molecule has 0 aliphatic heterocycles. The molecule has 20 heavy (non-hydrogen) atoms. The Hall–Kier alpha value is -2.10. The Labute approximate surface area is 119 Å². The number of hydrogen-bond donors (Lipinski definition) is 1. The summed E-state index contributed by atoms with van der Waals surface area (Å²) in [6.07, 6.45) is 2.71. The Bertz CT molecular complexity index is 586. The van der Waals surface area contributed by atoms with Gasteiger partial charge >= 0.3 is 0 Å². The van der Waals surface area contributed by atoms with E-state index in [0.717, 1.165) is 17.8 Å². The van der Waals surface area contributed by atoms with E-state index in [4.69, 9.17) is 4.74 Å². The van der Waals surface area contributed by atoms with Crippen LogP contribution in [0.15, 0.2) is 36.7 Å². The summed E-state index contributed by atoms with van der Waals surface area (Å²) >= 11 is 0. The molecule has 1 aromatic carbocycles. The second kappa shape index (κ2) is 5.49. The van der Waals surface area contributed by atoms with Crippen molar-refractivity contribution in [2.24, 2.45) is 0 Å². The van der Waals surface area contributed by atoms with Crippen molar-refractivity contribution in [1.29, 1.82) is 0 Å². The Morgan fingerprint density at radius 2 is 2.05 bits per heavy atom. The van der Waals surface area contributed by atoms with Crippen molar-refractivity contribution in [1.82, 2.24) is 9.97 Å². The van der Waals surface area contributed by atoms with Crippen LogP contribution in [0.1, 0.15) is 30.4 Å². The van der Waals surface area contributed by atoms with E-state index in [9.17, 15) is 0 Å². The lowest BCUT2D eigenvalue weighted by Crippen LogP contribution is -2.09. The highest BCUT2D eigenvalue weighted by Crippen LogP contribution is 2.43. The first-order valence-corrected chi connectivity index (χ1v) is 7.05. The maximum Gasteiger partial charge on any atom is 0.221 e. The van der Waals surface area contributed by atoms with Crippen LogP contribution in [0.3, 0.4) is 0 Å². The maximum atomic E-state index is 5.50. The zero-order valence-electron chi connectivity index (χ0n) is 11.8. The van der Waals surface area contributed by atoms with E-state index < -0.39 is 0 Å². The summed E-state index contributed by atoms with van der Waals surface area (Å²) in [5.74, 6) is 2.13. The molecule has 0 saturated heterocycles. The third-order valence-electron chi connectivity index (χ3n) is 3.66. The Kier molecular flexibility index (Phi) is 3.54. The SMILES string of the molecule is CCOc1ncnc(NC2CC2c2ccccc2)c1C. The number of nitrogens with one attached hydrogen (secondary N) is 1. The topological polar surface area (TPSA) is 47.0 Å². The highest BCUT2D eigenvalue weighted by molar-refractivity contribution is 5.50. The predicted molar refractivity (Wildman–Crippen MR) is 79.1 cm³/mol. The van der Waals surface area contributed by atoms with Crippen LogP contribution in [0.2, 0.25) is 0 Å². The van der Waals surface area contributed by atoms with Gasteiger partial charge in [0, 0.05) is 12.0 Å². The van der Waals surface area contributed by atoms with Crippen LogP contribution >= 0.6 is 0 Å². The van der Waals surface area contributed by atoms with Crippen molar-refractivity contribution in [2.45, 2.75) is 32.2 Å². The monoisotopic (exact) mass is 269 g/mol. The number of ether oxygens (including phenoxy) is 1. The molecule has 0 amide bonds. The second-order valence-corrected chi connectivity index (χ2v) is 5.09.